The summed E-state index contributed by atoms with van der Waals surface area (Å²) in [5.74, 6) is -0.0342. The van der Waals surface area contributed by atoms with Gasteiger partial charge in [0.25, 0.3) is 0 Å². The summed E-state index contributed by atoms with van der Waals surface area (Å²) in [6.07, 6.45) is 2.72. The van der Waals surface area contributed by atoms with Crippen molar-refractivity contribution in [1.29, 1.82) is 0 Å². The largest absolute Gasteiger partial charge is 0.324 e. The highest BCUT2D eigenvalue weighted by Crippen LogP contribution is 2.21. The first-order chi connectivity index (χ1) is 12.3. The number of anilines is 1. The van der Waals surface area contributed by atoms with Crippen LogP contribution in [0.5, 0.6) is 0 Å². The second-order valence-electron chi connectivity index (χ2n) is 5.92. The van der Waals surface area contributed by atoms with Gasteiger partial charge in [-0.2, -0.15) is 0 Å². The molecule has 0 aliphatic rings. The van der Waals surface area contributed by atoms with Crippen molar-refractivity contribution in [2.75, 3.05) is 5.32 Å². The van der Waals surface area contributed by atoms with Crippen LogP contribution in [0.3, 0.4) is 0 Å². The molecule has 0 saturated carbocycles. The van der Waals surface area contributed by atoms with Crippen molar-refractivity contribution >= 4 is 33.4 Å². The fourth-order valence-electron chi connectivity index (χ4n) is 2.91. The molecule has 2 aromatic carbocycles. The van der Waals surface area contributed by atoms with Crippen molar-refractivity contribution in [2.45, 2.75) is 12.8 Å². The van der Waals surface area contributed by atoms with E-state index >= 15 is 0 Å². The summed E-state index contributed by atoms with van der Waals surface area (Å²) in [4.78, 5) is 21.3. The molecule has 122 valence electrons. The van der Waals surface area contributed by atoms with E-state index in [9.17, 15) is 4.79 Å². The number of rotatable bonds is 4. The Balaban J connectivity index is 1.46. The van der Waals surface area contributed by atoms with Gasteiger partial charge in [0, 0.05) is 29.1 Å². The number of hydrogen-bond acceptors (Lipinski definition) is 3. The van der Waals surface area contributed by atoms with Gasteiger partial charge in [-0.1, -0.05) is 42.5 Å². The smallest absolute Gasteiger partial charge is 0.224 e. The van der Waals surface area contributed by atoms with E-state index in [1.54, 1.807) is 6.20 Å². The number of nitrogens with one attached hydrogen (secondary N) is 1. The Morgan fingerprint density at radius 1 is 0.880 bits per heavy atom. The van der Waals surface area contributed by atoms with Crippen LogP contribution in [0.15, 0.2) is 72.9 Å². The Morgan fingerprint density at radius 3 is 2.68 bits per heavy atom. The molecular formula is C21H17N3O. The summed E-state index contributed by atoms with van der Waals surface area (Å²) in [5, 5.41) is 5.08. The first kappa shape index (κ1) is 15.3. The molecule has 1 amide bonds. The molecule has 1 N–H and O–H groups in total. The van der Waals surface area contributed by atoms with Crippen LogP contribution >= 0.6 is 0 Å². The normalized spacial score (nSPS) is 10.9. The highest BCUT2D eigenvalue weighted by atomic mass is 16.1. The molecule has 0 aliphatic carbocycles. The van der Waals surface area contributed by atoms with Gasteiger partial charge in [-0.3, -0.25) is 14.8 Å². The molecule has 0 radical (unpaired) electrons. The fraction of sp³-hybridized carbons (Fsp3) is 0.0952. The quantitative estimate of drug-likeness (QED) is 0.606. The van der Waals surface area contributed by atoms with Crippen molar-refractivity contribution in [1.82, 2.24) is 9.97 Å². The number of carbonyl (C=O) groups excluding carboxylic acids is 1. The minimum Gasteiger partial charge on any atom is -0.324 e. The molecule has 0 fully saturated rings. The summed E-state index contributed by atoms with van der Waals surface area (Å²) >= 11 is 0. The number of fused-ring (bicyclic) bond motifs is 2. The Hall–Kier alpha value is -3.27. The molecule has 25 heavy (non-hydrogen) atoms. The number of nitrogens with zero attached hydrogens (tertiary/aromatic N) is 2. The molecular weight excluding hydrogens is 310 g/mol. The predicted molar refractivity (Wildman–Crippen MR) is 100 cm³/mol. The van der Waals surface area contributed by atoms with Crippen molar-refractivity contribution in [3.8, 4) is 0 Å². The highest BCUT2D eigenvalue weighted by Gasteiger charge is 2.08. The third kappa shape index (κ3) is 3.33. The van der Waals surface area contributed by atoms with E-state index in [2.05, 4.69) is 15.3 Å². The van der Waals surface area contributed by atoms with Crippen LogP contribution in [0.25, 0.3) is 21.8 Å². The molecule has 0 spiro atoms. The number of aryl methyl sites for hydroxylation is 1. The minimum absolute atomic E-state index is 0.0342. The summed E-state index contributed by atoms with van der Waals surface area (Å²) < 4.78 is 0. The molecule has 0 saturated heterocycles. The van der Waals surface area contributed by atoms with Crippen molar-refractivity contribution in [2.24, 2.45) is 0 Å². The fourth-order valence-corrected chi connectivity index (χ4v) is 2.91. The maximum atomic E-state index is 12.3. The molecule has 2 aromatic heterocycles. The average Bonchev–Trinajstić information content (AvgIpc) is 2.66. The highest BCUT2D eigenvalue weighted by molar-refractivity contribution is 6.00. The van der Waals surface area contributed by atoms with Gasteiger partial charge in [0.15, 0.2) is 0 Å². The molecule has 0 atom stereocenters. The summed E-state index contributed by atoms with van der Waals surface area (Å²) in [5.41, 5.74) is 3.43. The number of para-hydroxylation sites is 2. The molecule has 0 bridgehead atoms. The average molecular weight is 327 g/mol. The Labute approximate surface area is 145 Å². The van der Waals surface area contributed by atoms with E-state index in [0.717, 1.165) is 33.2 Å². The number of carbonyl (C=O) groups is 1. The maximum absolute atomic E-state index is 12.3. The van der Waals surface area contributed by atoms with E-state index in [0.29, 0.717) is 12.8 Å². The van der Waals surface area contributed by atoms with E-state index in [4.69, 9.17) is 0 Å². The second kappa shape index (κ2) is 6.69. The zero-order chi connectivity index (χ0) is 17.1. The first-order valence-corrected chi connectivity index (χ1v) is 8.28. The molecule has 0 aliphatic heterocycles. The monoisotopic (exact) mass is 327 g/mol. The minimum atomic E-state index is -0.0342. The number of pyridine rings is 2. The second-order valence-corrected chi connectivity index (χ2v) is 5.92. The SMILES string of the molecule is O=C(CCc1ccc2ccccc2n1)Nc1cccc2cccnc12. The lowest BCUT2D eigenvalue weighted by Crippen LogP contribution is -2.13. The standard InChI is InChI=1S/C21H17N3O/c25-20(24-19-9-3-6-16-7-4-14-22-21(16)19)13-12-17-11-10-15-5-1-2-8-18(15)23-17/h1-11,14H,12-13H2,(H,24,25). The van der Waals surface area contributed by atoms with Crippen molar-refractivity contribution < 1.29 is 4.79 Å². The summed E-state index contributed by atoms with van der Waals surface area (Å²) in [6, 6.07) is 21.7. The van der Waals surface area contributed by atoms with Crippen LogP contribution in [-0.4, -0.2) is 15.9 Å². The first-order valence-electron chi connectivity index (χ1n) is 8.28. The van der Waals surface area contributed by atoms with Crippen LogP contribution in [0, 0.1) is 0 Å². The van der Waals surface area contributed by atoms with Crippen molar-refractivity contribution in [3.05, 3.63) is 78.6 Å². The van der Waals surface area contributed by atoms with Gasteiger partial charge in [-0.05, 0) is 30.7 Å². The lowest BCUT2D eigenvalue weighted by molar-refractivity contribution is -0.116. The lowest BCUT2D eigenvalue weighted by atomic mass is 10.1. The van der Waals surface area contributed by atoms with Gasteiger partial charge in [-0.15, -0.1) is 0 Å². The number of amides is 1. The molecule has 4 aromatic rings. The molecule has 0 unspecified atom stereocenters. The topological polar surface area (TPSA) is 54.9 Å². The number of hydrogen-bond donors (Lipinski definition) is 1. The van der Waals surface area contributed by atoms with E-state index in [1.807, 2.05) is 66.7 Å². The van der Waals surface area contributed by atoms with Gasteiger partial charge < -0.3 is 5.32 Å². The van der Waals surface area contributed by atoms with E-state index < -0.39 is 0 Å². The van der Waals surface area contributed by atoms with Crippen LogP contribution in [-0.2, 0) is 11.2 Å². The zero-order valence-electron chi connectivity index (χ0n) is 13.6. The van der Waals surface area contributed by atoms with Crippen LogP contribution in [0.1, 0.15) is 12.1 Å². The summed E-state index contributed by atoms with van der Waals surface area (Å²) in [6.45, 7) is 0. The van der Waals surface area contributed by atoms with Gasteiger partial charge in [-0.25, -0.2) is 0 Å². The Morgan fingerprint density at radius 2 is 1.72 bits per heavy atom. The predicted octanol–water partition coefficient (Wildman–Crippen LogP) is 4.35. The Kier molecular flexibility index (Phi) is 4.09. The lowest BCUT2D eigenvalue weighted by Gasteiger charge is -2.08. The molecule has 4 rings (SSSR count). The molecule has 2 heterocycles. The van der Waals surface area contributed by atoms with E-state index in [1.165, 1.54) is 0 Å². The number of aromatic nitrogens is 2. The van der Waals surface area contributed by atoms with Crippen LogP contribution in [0.4, 0.5) is 5.69 Å². The molecule has 4 nitrogen and oxygen atoms in total. The van der Waals surface area contributed by atoms with Gasteiger partial charge in [0.1, 0.15) is 0 Å². The van der Waals surface area contributed by atoms with Gasteiger partial charge in [0.05, 0.1) is 16.7 Å². The van der Waals surface area contributed by atoms with Crippen LogP contribution in [0.2, 0.25) is 0 Å². The Bertz CT molecular complexity index is 1050. The van der Waals surface area contributed by atoms with Gasteiger partial charge >= 0.3 is 0 Å². The van der Waals surface area contributed by atoms with Gasteiger partial charge in [0.2, 0.25) is 5.91 Å². The van der Waals surface area contributed by atoms with E-state index in [-0.39, 0.29) is 5.91 Å². The maximum Gasteiger partial charge on any atom is 0.224 e. The number of benzene rings is 2. The van der Waals surface area contributed by atoms with Crippen molar-refractivity contribution in [3.63, 3.8) is 0 Å². The third-order valence-corrected chi connectivity index (χ3v) is 4.17. The summed E-state index contributed by atoms with van der Waals surface area (Å²) in [7, 11) is 0. The third-order valence-electron chi connectivity index (χ3n) is 4.17. The van der Waals surface area contributed by atoms with Crippen LogP contribution < -0.4 is 5.32 Å². The zero-order valence-corrected chi connectivity index (χ0v) is 13.6. The molecule has 4 heteroatoms.